The second kappa shape index (κ2) is 7.87. The largest absolute Gasteiger partial charge is 0.497 e. The van der Waals surface area contributed by atoms with E-state index in [9.17, 15) is 0 Å². The van der Waals surface area contributed by atoms with Crippen molar-refractivity contribution in [2.75, 3.05) is 25.6 Å². The molecule has 0 bridgehead atoms. The van der Waals surface area contributed by atoms with Gasteiger partial charge in [0.25, 0.3) is 0 Å². The molecule has 4 nitrogen and oxygen atoms in total. The molecule has 1 aromatic heterocycles. The highest BCUT2D eigenvalue weighted by Crippen LogP contribution is 2.13. The molecule has 0 aliphatic heterocycles. The average molecular weight is 337 g/mol. The molecule has 0 radical (unpaired) electrons. The summed E-state index contributed by atoms with van der Waals surface area (Å²) < 4.78 is 11.7. The third-order valence-corrected chi connectivity index (χ3v) is 3.15. The van der Waals surface area contributed by atoms with E-state index >= 15 is 0 Å². The number of pyridine rings is 1. The van der Waals surface area contributed by atoms with Gasteiger partial charge in [0.2, 0.25) is 0 Å². The van der Waals surface area contributed by atoms with Gasteiger partial charge in [-0.25, -0.2) is 4.98 Å². The molecule has 20 heavy (non-hydrogen) atoms. The van der Waals surface area contributed by atoms with Crippen LogP contribution in [0.5, 0.6) is 5.75 Å². The molecule has 0 atom stereocenters. The fourth-order valence-corrected chi connectivity index (χ4v) is 1.92. The second-order valence-electron chi connectivity index (χ2n) is 4.19. The number of aromatic nitrogens is 1. The van der Waals surface area contributed by atoms with Crippen molar-refractivity contribution in [3.05, 3.63) is 52.6 Å². The lowest BCUT2D eigenvalue weighted by Crippen LogP contribution is -2.10. The first-order valence-corrected chi connectivity index (χ1v) is 7.13. The van der Waals surface area contributed by atoms with Crippen molar-refractivity contribution in [2.24, 2.45) is 0 Å². The minimum Gasteiger partial charge on any atom is -0.497 e. The first-order chi connectivity index (χ1) is 9.78. The maximum atomic E-state index is 5.61. The lowest BCUT2D eigenvalue weighted by Gasteiger charge is -2.08. The molecule has 1 heterocycles. The topological polar surface area (TPSA) is 43.4 Å². The Kier molecular flexibility index (Phi) is 5.83. The molecule has 0 amide bonds. The molecular formula is C15H17BrN2O2. The zero-order chi connectivity index (χ0) is 14.2. The summed E-state index contributed by atoms with van der Waals surface area (Å²) in [7, 11) is 1.66. The predicted octanol–water partition coefficient (Wildman–Crippen LogP) is 3.48. The van der Waals surface area contributed by atoms with Crippen LogP contribution in [0.1, 0.15) is 5.56 Å². The van der Waals surface area contributed by atoms with E-state index in [2.05, 4.69) is 26.2 Å². The van der Waals surface area contributed by atoms with E-state index in [4.69, 9.17) is 9.47 Å². The lowest BCUT2D eigenvalue weighted by molar-refractivity contribution is 0.130. The van der Waals surface area contributed by atoms with Crippen LogP contribution in [0.15, 0.2) is 47.1 Å². The van der Waals surface area contributed by atoms with Gasteiger partial charge in [-0.15, -0.1) is 0 Å². The molecular weight excluding hydrogens is 320 g/mol. The van der Waals surface area contributed by atoms with Crippen LogP contribution in [0.4, 0.5) is 5.82 Å². The highest BCUT2D eigenvalue weighted by atomic mass is 79.9. The lowest BCUT2D eigenvalue weighted by atomic mass is 10.2. The summed E-state index contributed by atoms with van der Waals surface area (Å²) in [6.45, 7) is 1.92. The van der Waals surface area contributed by atoms with Gasteiger partial charge in [-0.3, -0.25) is 0 Å². The first kappa shape index (κ1) is 14.8. The second-order valence-corrected chi connectivity index (χ2v) is 5.11. The van der Waals surface area contributed by atoms with Gasteiger partial charge < -0.3 is 14.8 Å². The van der Waals surface area contributed by atoms with Crippen LogP contribution in [0, 0.1) is 0 Å². The van der Waals surface area contributed by atoms with Crippen LogP contribution >= 0.6 is 15.9 Å². The molecule has 0 fully saturated rings. The zero-order valence-electron chi connectivity index (χ0n) is 11.3. The van der Waals surface area contributed by atoms with E-state index in [1.54, 1.807) is 13.3 Å². The number of nitrogens with zero attached hydrogens (tertiary/aromatic N) is 1. The molecule has 0 spiro atoms. The third kappa shape index (κ3) is 4.83. The van der Waals surface area contributed by atoms with Crippen LogP contribution in [-0.2, 0) is 11.3 Å². The van der Waals surface area contributed by atoms with Crippen molar-refractivity contribution in [1.82, 2.24) is 4.98 Å². The number of nitrogens with one attached hydrogen (secondary N) is 1. The normalized spacial score (nSPS) is 10.3. The molecule has 5 heteroatoms. The Bertz CT molecular complexity index is 532. The monoisotopic (exact) mass is 336 g/mol. The number of methoxy groups -OCH3 is 1. The standard InChI is InChI=1S/C15H17BrN2O2/c1-19-14-4-2-3-12(9-14)11-20-8-7-17-15-6-5-13(16)10-18-15/h2-6,9-10H,7-8,11H2,1H3,(H,17,18). The van der Waals surface area contributed by atoms with E-state index in [-0.39, 0.29) is 0 Å². The fourth-order valence-electron chi connectivity index (χ4n) is 1.68. The van der Waals surface area contributed by atoms with Gasteiger partial charge in [0.1, 0.15) is 11.6 Å². The van der Waals surface area contributed by atoms with Crippen molar-refractivity contribution >= 4 is 21.7 Å². The number of benzene rings is 1. The van der Waals surface area contributed by atoms with Crippen LogP contribution in [0.3, 0.4) is 0 Å². The van der Waals surface area contributed by atoms with Crippen molar-refractivity contribution in [3.8, 4) is 5.75 Å². The van der Waals surface area contributed by atoms with Gasteiger partial charge in [-0.2, -0.15) is 0 Å². The van der Waals surface area contributed by atoms with Gasteiger partial charge in [0.05, 0.1) is 20.3 Å². The van der Waals surface area contributed by atoms with Gasteiger partial charge in [0, 0.05) is 17.2 Å². The Labute approximate surface area is 127 Å². The SMILES string of the molecule is COc1cccc(COCCNc2ccc(Br)cn2)c1. The number of anilines is 1. The quantitative estimate of drug-likeness (QED) is 0.786. The molecule has 0 unspecified atom stereocenters. The Balaban J connectivity index is 1.67. The molecule has 0 saturated carbocycles. The number of rotatable bonds is 7. The molecule has 1 aromatic carbocycles. The van der Waals surface area contributed by atoms with E-state index in [1.807, 2.05) is 36.4 Å². The maximum absolute atomic E-state index is 5.61. The number of hydrogen-bond donors (Lipinski definition) is 1. The van der Waals surface area contributed by atoms with Crippen LogP contribution in [-0.4, -0.2) is 25.2 Å². The minimum atomic E-state index is 0.576. The third-order valence-electron chi connectivity index (χ3n) is 2.68. The molecule has 2 rings (SSSR count). The number of halogens is 1. The molecule has 2 aromatic rings. The Morgan fingerprint density at radius 2 is 2.15 bits per heavy atom. The van der Waals surface area contributed by atoms with Crippen molar-refractivity contribution < 1.29 is 9.47 Å². The highest BCUT2D eigenvalue weighted by molar-refractivity contribution is 9.10. The highest BCUT2D eigenvalue weighted by Gasteiger charge is 1.97. The van der Waals surface area contributed by atoms with Crippen LogP contribution in [0.25, 0.3) is 0 Å². The molecule has 0 aliphatic rings. The summed E-state index contributed by atoms with van der Waals surface area (Å²) >= 11 is 3.35. The van der Waals surface area contributed by atoms with E-state index in [0.29, 0.717) is 13.2 Å². The molecule has 0 saturated heterocycles. The summed E-state index contributed by atoms with van der Waals surface area (Å²) in [5, 5.41) is 3.20. The smallest absolute Gasteiger partial charge is 0.126 e. The van der Waals surface area contributed by atoms with Crippen molar-refractivity contribution in [2.45, 2.75) is 6.61 Å². The van der Waals surface area contributed by atoms with Crippen molar-refractivity contribution in [1.29, 1.82) is 0 Å². The van der Waals surface area contributed by atoms with Gasteiger partial charge in [0.15, 0.2) is 0 Å². The van der Waals surface area contributed by atoms with Crippen LogP contribution < -0.4 is 10.1 Å². The molecule has 0 aliphatic carbocycles. The predicted molar refractivity (Wildman–Crippen MR) is 83.1 cm³/mol. The minimum absolute atomic E-state index is 0.576. The Morgan fingerprint density at radius 3 is 2.90 bits per heavy atom. The summed E-state index contributed by atoms with van der Waals surface area (Å²) in [6.07, 6.45) is 1.76. The average Bonchev–Trinajstić information content (AvgIpc) is 2.49. The summed E-state index contributed by atoms with van der Waals surface area (Å²) in [5.74, 6) is 1.70. The summed E-state index contributed by atoms with van der Waals surface area (Å²) in [6, 6.07) is 11.8. The Hall–Kier alpha value is -1.59. The van der Waals surface area contributed by atoms with E-state index in [0.717, 1.165) is 28.1 Å². The van der Waals surface area contributed by atoms with Gasteiger partial charge in [-0.05, 0) is 45.8 Å². The molecule has 1 N–H and O–H groups in total. The van der Waals surface area contributed by atoms with E-state index in [1.165, 1.54) is 0 Å². The molecule has 106 valence electrons. The number of hydrogen-bond acceptors (Lipinski definition) is 4. The van der Waals surface area contributed by atoms with Gasteiger partial charge in [-0.1, -0.05) is 12.1 Å². The summed E-state index contributed by atoms with van der Waals surface area (Å²) in [5.41, 5.74) is 1.10. The van der Waals surface area contributed by atoms with Crippen molar-refractivity contribution in [3.63, 3.8) is 0 Å². The van der Waals surface area contributed by atoms with E-state index < -0.39 is 0 Å². The van der Waals surface area contributed by atoms with Crippen LogP contribution in [0.2, 0.25) is 0 Å². The zero-order valence-corrected chi connectivity index (χ0v) is 12.9. The number of ether oxygens (including phenoxy) is 2. The fraction of sp³-hybridized carbons (Fsp3) is 0.267. The van der Waals surface area contributed by atoms with Gasteiger partial charge >= 0.3 is 0 Å². The maximum Gasteiger partial charge on any atom is 0.126 e. The Morgan fingerprint density at radius 1 is 1.25 bits per heavy atom. The summed E-state index contributed by atoms with van der Waals surface area (Å²) in [4.78, 5) is 4.23. The first-order valence-electron chi connectivity index (χ1n) is 6.34.